The lowest BCUT2D eigenvalue weighted by Crippen LogP contribution is -2.40. The first-order valence-electron chi connectivity index (χ1n) is 6.87. The second-order valence-electron chi connectivity index (χ2n) is 5.03. The van der Waals surface area contributed by atoms with Crippen molar-refractivity contribution in [3.63, 3.8) is 0 Å². The van der Waals surface area contributed by atoms with Crippen molar-refractivity contribution in [2.75, 3.05) is 6.54 Å². The van der Waals surface area contributed by atoms with Gasteiger partial charge in [-0.3, -0.25) is 4.79 Å². The van der Waals surface area contributed by atoms with Gasteiger partial charge >= 0.3 is 0 Å². The average molecular weight is 246 g/mol. The van der Waals surface area contributed by atoms with E-state index >= 15 is 0 Å². The lowest BCUT2D eigenvalue weighted by molar-refractivity contribution is 0.0936. The second-order valence-corrected chi connectivity index (χ2v) is 5.03. The van der Waals surface area contributed by atoms with Crippen LogP contribution in [0.2, 0.25) is 0 Å². The standard InChI is InChI=1S/C15H22N2O/c1-2-4-14(10-16)17-15(18)13-8-7-11-5-3-6-12(11)9-13/h7-9,14H,2-6,10,16H2,1H3,(H,17,18). The number of carbonyl (C=O) groups is 1. The Kier molecular flexibility index (Phi) is 4.37. The molecule has 98 valence electrons. The van der Waals surface area contributed by atoms with Gasteiger partial charge in [-0.05, 0) is 48.9 Å². The van der Waals surface area contributed by atoms with Gasteiger partial charge in [-0.1, -0.05) is 19.4 Å². The number of hydrogen-bond donors (Lipinski definition) is 2. The van der Waals surface area contributed by atoms with Crippen molar-refractivity contribution in [1.82, 2.24) is 5.32 Å². The van der Waals surface area contributed by atoms with Crippen LogP contribution in [0.15, 0.2) is 18.2 Å². The fourth-order valence-electron chi connectivity index (χ4n) is 2.58. The van der Waals surface area contributed by atoms with E-state index in [0.29, 0.717) is 6.54 Å². The summed E-state index contributed by atoms with van der Waals surface area (Å²) in [6.45, 7) is 2.61. The summed E-state index contributed by atoms with van der Waals surface area (Å²) in [6, 6.07) is 6.15. The fraction of sp³-hybridized carbons (Fsp3) is 0.533. The predicted octanol–water partition coefficient (Wildman–Crippen LogP) is 2.03. The Labute approximate surface area is 109 Å². The summed E-state index contributed by atoms with van der Waals surface area (Å²) in [5.41, 5.74) is 9.16. The van der Waals surface area contributed by atoms with Crippen molar-refractivity contribution in [2.45, 2.75) is 45.1 Å². The molecule has 0 radical (unpaired) electrons. The summed E-state index contributed by atoms with van der Waals surface area (Å²) < 4.78 is 0. The number of nitrogens with one attached hydrogen (secondary N) is 1. The maximum absolute atomic E-state index is 12.1. The molecule has 0 saturated heterocycles. The quantitative estimate of drug-likeness (QED) is 0.835. The van der Waals surface area contributed by atoms with E-state index in [1.54, 1.807) is 0 Å². The average Bonchev–Trinajstić information content (AvgIpc) is 2.85. The molecule has 0 heterocycles. The zero-order valence-electron chi connectivity index (χ0n) is 11.0. The fourth-order valence-corrected chi connectivity index (χ4v) is 2.58. The first-order chi connectivity index (χ1) is 8.74. The Hall–Kier alpha value is -1.35. The van der Waals surface area contributed by atoms with Crippen LogP contribution in [-0.4, -0.2) is 18.5 Å². The van der Waals surface area contributed by atoms with Crippen molar-refractivity contribution in [1.29, 1.82) is 0 Å². The zero-order valence-corrected chi connectivity index (χ0v) is 11.0. The molecule has 3 heteroatoms. The molecule has 1 atom stereocenters. The van der Waals surface area contributed by atoms with E-state index in [-0.39, 0.29) is 11.9 Å². The normalized spacial score (nSPS) is 15.2. The van der Waals surface area contributed by atoms with Gasteiger partial charge in [-0.2, -0.15) is 0 Å². The minimum absolute atomic E-state index is 0.00796. The van der Waals surface area contributed by atoms with Crippen molar-refractivity contribution in [3.8, 4) is 0 Å². The van der Waals surface area contributed by atoms with E-state index < -0.39 is 0 Å². The van der Waals surface area contributed by atoms with Gasteiger partial charge in [0.15, 0.2) is 0 Å². The summed E-state index contributed by atoms with van der Waals surface area (Å²) >= 11 is 0. The van der Waals surface area contributed by atoms with Crippen molar-refractivity contribution in [2.24, 2.45) is 5.73 Å². The lowest BCUT2D eigenvalue weighted by Gasteiger charge is -2.16. The second kappa shape index (κ2) is 6.01. The van der Waals surface area contributed by atoms with Crippen LogP contribution in [-0.2, 0) is 12.8 Å². The molecule has 0 fully saturated rings. The SMILES string of the molecule is CCCC(CN)NC(=O)c1ccc2c(c1)CCC2. The number of rotatable bonds is 5. The maximum Gasteiger partial charge on any atom is 0.251 e. The van der Waals surface area contributed by atoms with E-state index in [1.807, 2.05) is 12.1 Å². The Bertz CT molecular complexity index is 429. The van der Waals surface area contributed by atoms with Crippen molar-refractivity contribution >= 4 is 5.91 Å². The molecule has 0 spiro atoms. The van der Waals surface area contributed by atoms with Gasteiger partial charge in [0.1, 0.15) is 0 Å². The number of benzene rings is 1. The number of hydrogen-bond acceptors (Lipinski definition) is 2. The summed E-state index contributed by atoms with van der Waals surface area (Å²) in [7, 11) is 0. The molecule has 1 aliphatic carbocycles. The van der Waals surface area contributed by atoms with Crippen LogP contribution >= 0.6 is 0 Å². The van der Waals surface area contributed by atoms with E-state index in [2.05, 4.69) is 18.3 Å². The summed E-state index contributed by atoms with van der Waals surface area (Å²) in [4.78, 5) is 12.1. The highest BCUT2D eigenvalue weighted by atomic mass is 16.1. The molecule has 3 N–H and O–H groups in total. The molecule has 2 rings (SSSR count). The Morgan fingerprint density at radius 2 is 2.17 bits per heavy atom. The molecule has 18 heavy (non-hydrogen) atoms. The molecular formula is C15H22N2O. The molecule has 0 saturated carbocycles. The minimum atomic E-state index is 0.00796. The van der Waals surface area contributed by atoms with E-state index in [4.69, 9.17) is 5.73 Å². The van der Waals surface area contributed by atoms with Crippen LogP contribution in [0.3, 0.4) is 0 Å². The summed E-state index contributed by atoms with van der Waals surface area (Å²) in [5.74, 6) is 0.00796. The van der Waals surface area contributed by atoms with E-state index in [0.717, 1.165) is 31.2 Å². The molecule has 0 bridgehead atoms. The summed E-state index contributed by atoms with van der Waals surface area (Å²) in [6.07, 6.45) is 5.44. The first kappa shape index (κ1) is 13.1. The number of carbonyl (C=O) groups excluding carboxylic acids is 1. The smallest absolute Gasteiger partial charge is 0.251 e. The van der Waals surface area contributed by atoms with Gasteiger partial charge in [0.2, 0.25) is 0 Å². The van der Waals surface area contributed by atoms with Crippen molar-refractivity contribution < 1.29 is 4.79 Å². The number of nitrogens with two attached hydrogens (primary N) is 1. The maximum atomic E-state index is 12.1. The highest BCUT2D eigenvalue weighted by Gasteiger charge is 2.15. The monoisotopic (exact) mass is 246 g/mol. The minimum Gasteiger partial charge on any atom is -0.348 e. The van der Waals surface area contributed by atoms with Crippen LogP contribution in [0, 0.1) is 0 Å². The predicted molar refractivity (Wildman–Crippen MR) is 73.7 cm³/mol. The van der Waals surface area contributed by atoms with Gasteiger partial charge in [-0.15, -0.1) is 0 Å². The molecule has 0 aliphatic heterocycles. The van der Waals surface area contributed by atoms with Crippen LogP contribution in [0.5, 0.6) is 0 Å². The van der Waals surface area contributed by atoms with E-state index in [1.165, 1.54) is 17.5 Å². The largest absolute Gasteiger partial charge is 0.348 e. The van der Waals surface area contributed by atoms with Crippen LogP contribution in [0.4, 0.5) is 0 Å². The Morgan fingerprint density at radius 1 is 1.39 bits per heavy atom. The van der Waals surface area contributed by atoms with Crippen LogP contribution in [0.1, 0.15) is 47.7 Å². The van der Waals surface area contributed by atoms with E-state index in [9.17, 15) is 4.79 Å². The highest BCUT2D eigenvalue weighted by Crippen LogP contribution is 2.22. The van der Waals surface area contributed by atoms with Crippen LogP contribution in [0.25, 0.3) is 0 Å². The first-order valence-corrected chi connectivity index (χ1v) is 6.87. The van der Waals surface area contributed by atoms with Gasteiger partial charge < -0.3 is 11.1 Å². The third-order valence-electron chi connectivity index (χ3n) is 3.62. The number of amides is 1. The van der Waals surface area contributed by atoms with Gasteiger partial charge in [0, 0.05) is 18.2 Å². The molecule has 1 aliphatic rings. The highest BCUT2D eigenvalue weighted by molar-refractivity contribution is 5.94. The topological polar surface area (TPSA) is 55.1 Å². The lowest BCUT2D eigenvalue weighted by atomic mass is 10.1. The van der Waals surface area contributed by atoms with Crippen LogP contribution < -0.4 is 11.1 Å². The Morgan fingerprint density at radius 3 is 2.89 bits per heavy atom. The molecule has 3 nitrogen and oxygen atoms in total. The molecule has 1 aromatic carbocycles. The molecule has 1 unspecified atom stereocenters. The third-order valence-corrected chi connectivity index (χ3v) is 3.62. The van der Waals surface area contributed by atoms with Gasteiger partial charge in [0.25, 0.3) is 5.91 Å². The molecule has 1 amide bonds. The third kappa shape index (κ3) is 2.91. The molecule has 0 aromatic heterocycles. The molecule has 1 aromatic rings. The van der Waals surface area contributed by atoms with Gasteiger partial charge in [-0.25, -0.2) is 0 Å². The Balaban J connectivity index is 2.04. The summed E-state index contributed by atoms with van der Waals surface area (Å²) in [5, 5.41) is 3.01. The van der Waals surface area contributed by atoms with Gasteiger partial charge in [0.05, 0.1) is 0 Å². The molecular weight excluding hydrogens is 224 g/mol. The number of aryl methyl sites for hydroxylation is 2. The van der Waals surface area contributed by atoms with Crippen molar-refractivity contribution in [3.05, 3.63) is 34.9 Å². The number of fused-ring (bicyclic) bond motifs is 1. The zero-order chi connectivity index (χ0) is 13.0.